The van der Waals surface area contributed by atoms with Gasteiger partial charge in [-0.05, 0) is 38.5 Å². The summed E-state index contributed by atoms with van der Waals surface area (Å²) in [5.74, 6) is 1.29. The van der Waals surface area contributed by atoms with Gasteiger partial charge in [-0.3, -0.25) is 4.98 Å². The summed E-state index contributed by atoms with van der Waals surface area (Å²) < 4.78 is 11.9. The van der Waals surface area contributed by atoms with E-state index in [2.05, 4.69) is 22.3 Å². The number of ether oxygens (including phenoxy) is 1. The molecule has 0 unspecified atom stereocenters. The second-order valence-electron chi connectivity index (χ2n) is 8.41. The first-order valence-electron chi connectivity index (χ1n) is 9.78. The van der Waals surface area contributed by atoms with Crippen LogP contribution in [0.15, 0.2) is 23.0 Å². The van der Waals surface area contributed by atoms with Crippen LogP contribution in [0, 0.1) is 5.41 Å². The number of nitrogens with zero attached hydrogens (tertiary/aromatic N) is 2. The third-order valence-corrected chi connectivity index (χ3v) is 7.08. The highest BCUT2D eigenvalue weighted by Gasteiger charge is 2.48. The molecule has 0 atom stereocenters. The van der Waals surface area contributed by atoms with E-state index in [9.17, 15) is 5.11 Å². The van der Waals surface area contributed by atoms with E-state index in [1.165, 1.54) is 0 Å². The SMILES string of the molecule is OCC12CCC(C=Cc3c(-c4c(Cl)cncc4Cl)noc3C3CC3)(CC1)OC2. The summed E-state index contributed by atoms with van der Waals surface area (Å²) in [4.78, 5) is 4.04. The van der Waals surface area contributed by atoms with Gasteiger partial charge in [0.05, 0.1) is 28.9 Å². The van der Waals surface area contributed by atoms with Gasteiger partial charge in [-0.1, -0.05) is 40.5 Å². The number of fused-ring (bicyclic) bond motifs is 3. The maximum absolute atomic E-state index is 9.70. The fourth-order valence-corrected chi connectivity index (χ4v) is 4.92. The molecule has 2 saturated heterocycles. The molecule has 7 heteroatoms. The van der Waals surface area contributed by atoms with E-state index < -0.39 is 0 Å². The Morgan fingerprint density at radius 2 is 1.86 bits per heavy atom. The van der Waals surface area contributed by atoms with Gasteiger partial charge in [0.25, 0.3) is 0 Å². The summed E-state index contributed by atoms with van der Waals surface area (Å²) in [6, 6.07) is 0. The number of pyridine rings is 1. The van der Waals surface area contributed by atoms with E-state index in [-0.39, 0.29) is 17.6 Å². The minimum absolute atomic E-state index is 0.0464. The molecule has 1 N–H and O–H groups in total. The van der Waals surface area contributed by atoms with Crippen LogP contribution in [-0.4, -0.2) is 34.1 Å². The zero-order valence-corrected chi connectivity index (χ0v) is 17.0. The molecular weight excluding hydrogens is 399 g/mol. The molecule has 2 aromatic rings. The molecule has 0 amide bonds. The summed E-state index contributed by atoms with van der Waals surface area (Å²) in [5, 5.41) is 14.9. The normalized spacial score (nSPS) is 29.7. The number of aromatic nitrogens is 2. The van der Waals surface area contributed by atoms with Gasteiger partial charge in [0.1, 0.15) is 11.5 Å². The van der Waals surface area contributed by atoms with Crippen LogP contribution in [0.1, 0.15) is 55.8 Å². The van der Waals surface area contributed by atoms with Gasteiger partial charge in [0.15, 0.2) is 0 Å². The van der Waals surface area contributed by atoms with Gasteiger partial charge in [0, 0.05) is 34.9 Å². The van der Waals surface area contributed by atoms with E-state index in [4.69, 9.17) is 32.5 Å². The van der Waals surface area contributed by atoms with Crippen LogP contribution in [0.4, 0.5) is 0 Å². The minimum atomic E-state index is -0.280. The van der Waals surface area contributed by atoms with Crippen molar-refractivity contribution in [3.63, 3.8) is 0 Å². The molecule has 2 aliphatic carbocycles. The average Bonchev–Trinajstić information content (AvgIpc) is 3.48. The van der Waals surface area contributed by atoms with Gasteiger partial charge in [-0.15, -0.1) is 0 Å². The lowest BCUT2D eigenvalue weighted by Gasteiger charge is -2.51. The van der Waals surface area contributed by atoms with E-state index >= 15 is 0 Å². The Morgan fingerprint density at radius 3 is 2.43 bits per heavy atom. The van der Waals surface area contributed by atoms with Crippen LogP contribution in [0.2, 0.25) is 10.0 Å². The number of halogens is 2. The average molecular weight is 421 g/mol. The molecule has 4 fully saturated rings. The number of aliphatic hydroxyl groups is 1. The fraction of sp³-hybridized carbons (Fsp3) is 0.524. The van der Waals surface area contributed by atoms with Gasteiger partial charge >= 0.3 is 0 Å². The zero-order chi connectivity index (χ0) is 19.4. The summed E-state index contributed by atoms with van der Waals surface area (Å²) in [6.45, 7) is 0.815. The summed E-state index contributed by atoms with van der Waals surface area (Å²) >= 11 is 12.8. The molecule has 0 aromatic carbocycles. The maximum atomic E-state index is 9.70. The van der Waals surface area contributed by atoms with Crippen molar-refractivity contribution < 1.29 is 14.4 Å². The Hall–Kier alpha value is -1.40. The van der Waals surface area contributed by atoms with Crippen LogP contribution >= 0.6 is 23.2 Å². The van der Waals surface area contributed by atoms with Crippen LogP contribution < -0.4 is 0 Å². The van der Waals surface area contributed by atoms with Crippen molar-refractivity contribution in [3.05, 3.63) is 39.8 Å². The Morgan fingerprint density at radius 1 is 1.14 bits per heavy atom. The van der Waals surface area contributed by atoms with E-state index in [0.29, 0.717) is 33.8 Å². The molecule has 4 aliphatic rings. The lowest BCUT2D eigenvalue weighted by Crippen LogP contribution is -2.51. The molecule has 148 valence electrons. The smallest absolute Gasteiger partial charge is 0.147 e. The summed E-state index contributed by atoms with van der Waals surface area (Å²) in [5.41, 5.74) is 1.91. The van der Waals surface area contributed by atoms with Crippen molar-refractivity contribution in [2.75, 3.05) is 13.2 Å². The van der Waals surface area contributed by atoms with Crippen molar-refractivity contribution >= 4 is 29.3 Å². The maximum Gasteiger partial charge on any atom is 0.147 e. The molecule has 2 bridgehead atoms. The number of rotatable bonds is 5. The topological polar surface area (TPSA) is 68.4 Å². The minimum Gasteiger partial charge on any atom is -0.396 e. The Labute approximate surface area is 173 Å². The van der Waals surface area contributed by atoms with E-state index in [1.54, 1.807) is 12.4 Å². The second kappa shape index (κ2) is 6.84. The Kier molecular flexibility index (Phi) is 4.55. The molecule has 0 radical (unpaired) electrons. The molecule has 2 aromatic heterocycles. The fourth-order valence-electron chi connectivity index (χ4n) is 4.37. The van der Waals surface area contributed by atoms with Gasteiger partial charge in [-0.2, -0.15) is 0 Å². The standard InChI is InChI=1S/C21H22Cl2N2O3/c22-15-9-24-10-16(23)17(15)18-14(19(28-25-18)13-1-2-13)3-4-21-7-5-20(11-26,6-8-21)12-27-21/h3-4,9-10,13,26H,1-2,5-8,11-12H2. The highest BCUT2D eigenvalue weighted by molar-refractivity contribution is 6.39. The third-order valence-electron chi connectivity index (χ3n) is 6.51. The van der Waals surface area contributed by atoms with Crippen molar-refractivity contribution in [1.29, 1.82) is 0 Å². The Balaban J connectivity index is 1.52. The number of hydrogen-bond acceptors (Lipinski definition) is 5. The zero-order valence-electron chi connectivity index (χ0n) is 15.5. The summed E-state index contributed by atoms with van der Waals surface area (Å²) in [6.07, 6.45) is 13.4. The lowest BCUT2D eigenvalue weighted by atomic mass is 9.66. The summed E-state index contributed by atoms with van der Waals surface area (Å²) in [7, 11) is 0. The Bertz CT molecular complexity index is 891. The van der Waals surface area contributed by atoms with Gasteiger partial charge in [-0.25, -0.2) is 0 Å². The van der Waals surface area contributed by atoms with E-state index in [0.717, 1.165) is 49.8 Å². The first-order valence-corrected chi connectivity index (χ1v) is 10.5. The van der Waals surface area contributed by atoms with Crippen LogP contribution in [-0.2, 0) is 4.74 Å². The third kappa shape index (κ3) is 3.09. The van der Waals surface area contributed by atoms with E-state index in [1.807, 2.05) is 0 Å². The van der Waals surface area contributed by atoms with Crippen LogP contribution in [0.25, 0.3) is 17.3 Å². The second-order valence-corrected chi connectivity index (χ2v) is 9.22. The predicted octanol–water partition coefficient (Wildman–Crippen LogP) is 5.26. The molecule has 28 heavy (non-hydrogen) atoms. The number of aliphatic hydroxyl groups excluding tert-OH is 1. The first-order chi connectivity index (χ1) is 13.5. The molecule has 6 rings (SSSR count). The van der Waals surface area contributed by atoms with Crippen molar-refractivity contribution in [2.24, 2.45) is 5.41 Å². The van der Waals surface area contributed by atoms with Crippen LogP contribution in [0.5, 0.6) is 0 Å². The highest BCUT2D eigenvalue weighted by Crippen LogP contribution is 2.50. The quantitative estimate of drug-likeness (QED) is 0.714. The molecule has 0 spiro atoms. The van der Waals surface area contributed by atoms with Crippen LogP contribution in [0.3, 0.4) is 0 Å². The predicted molar refractivity (Wildman–Crippen MR) is 107 cm³/mol. The molecule has 2 aliphatic heterocycles. The van der Waals surface area contributed by atoms with Gasteiger partial charge in [0.2, 0.25) is 0 Å². The van der Waals surface area contributed by atoms with Crippen molar-refractivity contribution in [2.45, 2.75) is 50.0 Å². The van der Waals surface area contributed by atoms with Gasteiger partial charge < -0.3 is 14.4 Å². The lowest BCUT2D eigenvalue weighted by molar-refractivity contribution is -0.170. The molecule has 5 nitrogen and oxygen atoms in total. The first kappa shape index (κ1) is 18.6. The molecular formula is C21H22Cl2N2O3. The molecule has 4 heterocycles. The largest absolute Gasteiger partial charge is 0.396 e. The number of hydrogen-bond donors (Lipinski definition) is 1. The van der Waals surface area contributed by atoms with Crippen molar-refractivity contribution in [3.8, 4) is 11.3 Å². The molecule has 2 saturated carbocycles. The van der Waals surface area contributed by atoms with Crippen molar-refractivity contribution in [1.82, 2.24) is 10.1 Å². The highest BCUT2D eigenvalue weighted by atomic mass is 35.5. The monoisotopic (exact) mass is 420 g/mol.